The topological polar surface area (TPSA) is 72.8 Å². The Hall–Kier alpha value is -2.04. The molecule has 0 fully saturated rings. The predicted octanol–water partition coefficient (Wildman–Crippen LogP) is 2.16. The van der Waals surface area contributed by atoms with Gasteiger partial charge in [0.25, 0.3) is 0 Å². The smallest absolute Gasteiger partial charge is 0.311 e. The predicted molar refractivity (Wildman–Crippen MR) is 70.0 cm³/mol. The standard InChI is InChI=1S/C14H18O5/c1-8-5-10(11(14(16)17)7-9(2)15)13(19-4)12(6-8)18-3/h5-6,11H,7H2,1-4H3,(H,16,17). The molecule has 0 saturated heterocycles. The molecule has 0 heterocycles. The molecular formula is C14H18O5. The molecule has 0 amide bonds. The van der Waals surface area contributed by atoms with Gasteiger partial charge >= 0.3 is 5.97 Å². The van der Waals surface area contributed by atoms with Crippen LogP contribution >= 0.6 is 0 Å². The van der Waals surface area contributed by atoms with E-state index in [2.05, 4.69) is 0 Å². The quantitative estimate of drug-likeness (QED) is 0.854. The first-order valence-electron chi connectivity index (χ1n) is 5.85. The third-order valence-electron chi connectivity index (χ3n) is 2.82. The van der Waals surface area contributed by atoms with Gasteiger partial charge in [-0.3, -0.25) is 9.59 Å². The maximum atomic E-state index is 11.4. The lowest BCUT2D eigenvalue weighted by molar-refractivity contribution is -0.140. The van der Waals surface area contributed by atoms with E-state index in [4.69, 9.17) is 9.47 Å². The first-order valence-corrected chi connectivity index (χ1v) is 5.85. The molecule has 0 aliphatic rings. The summed E-state index contributed by atoms with van der Waals surface area (Å²) in [7, 11) is 2.94. The molecular weight excluding hydrogens is 248 g/mol. The number of methoxy groups -OCH3 is 2. The van der Waals surface area contributed by atoms with Crippen LogP contribution in [0.4, 0.5) is 0 Å². The Kier molecular flexibility index (Phi) is 4.92. The molecule has 1 rings (SSSR count). The maximum absolute atomic E-state index is 11.4. The lowest BCUT2D eigenvalue weighted by Crippen LogP contribution is -2.16. The molecule has 1 aromatic carbocycles. The highest BCUT2D eigenvalue weighted by atomic mass is 16.5. The van der Waals surface area contributed by atoms with Crippen LogP contribution in [-0.2, 0) is 9.59 Å². The van der Waals surface area contributed by atoms with Crippen molar-refractivity contribution in [3.05, 3.63) is 23.3 Å². The van der Waals surface area contributed by atoms with Crippen LogP contribution in [0.15, 0.2) is 12.1 Å². The van der Waals surface area contributed by atoms with E-state index in [1.54, 1.807) is 12.1 Å². The number of Topliss-reactive ketones (excluding diaryl/α,β-unsaturated/α-hetero) is 1. The Morgan fingerprint density at radius 3 is 2.32 bits per heavy atom. The summed E-state index contributed by atoms with van der Waals surface area (Å²) < 4.78 is 10.4. The van der Waals surface area contributed by atoms with Crippen molar-refractivity contribution < 1.29 is 24.2 Å². The van der Waals surface area contributed by atoms with Crippen molar-refractivity contribution in [3.8, 4) is 11.5 Å². The molecule has 0 aromatic heterocycles. The minimum absolute atomic E-state index is 0.0711. The van der Waals surface area contributed by atoms with Crippen molar-refractivity contribution in [1.29, 1.82) is 0 Å². The average molecular weight is 266 g/mol. The van der Waals surface area contributed by atoms with Crippen LogP contribution in [-0.4, -0.2) is 31.1 Å². The summed E-state index contributed by atoms with van der Waals surface area (Å²) in [6.07, 6.45) is -0.0711. The van der Waals surface area contributed by atoms with E-state index in [-0.39, 0.29) is 12.2 Å². The Labute approximate surface area is 112 Å². The first-order chi connectivity index (χ1) is 8.90. The molecule has 5 heteroatoms. The summed E-state index contributed by atoms with van der Waals surface area (Å²) >= 11 is 0. The number of ketones is 1. The van der Waals surface area contributed by atoms with Gasteiger partial charge in [0, 0.05) is 12.0 Å². The highest BCUT2D eigenvalue weighted by Gasteiger charge is 2.27. The number of carbonyl (C=O) groups excluding carboxylic acids is 1. The number of benzene rings is 1. The zero-order valence-electron chi connectivity index (χ0n) is 11.5. The van der Waals surface area contributed by atoms with Gasteiger partial charge in [-0.05, 0) is 25.5 Å². The van der Waals surface area contributed by atoms with Crippen LogP contribution in [0.2, 0.25) is 0 Å². The van der Waals surface area contributed by atoms with Gasteiger partial charge in [-0.1, -0.05) is 6.07 Å². The highest BCUT2D eigenvalue weighted by Crippen LogP contribution is 2.38. The molecule has 19 heavy (non-hydrogen) atoms. The van der Waals surface area contributed by atoms with Gasteiger partial charge in [-0.15, -0.1) is 0 Å². The molecule has 1 N–H and O–H groups in total. The fraction of sp³-hybridized carbons (Fsp3) is 0.429. The van der Waals surface area contributed by atoms with Crippen LogP contribution in [0, 0.1) is 6.92 Å². The maximum Gasteiger partial charge on any atom is 0.311 e. The lowest BCUT2D eigenvalue weighted by atomic mass is 9.91. The van der Waals surface area contributed by atoms with Crippen molar-refractivity contribution in [2.24, 2.45) is 0 Å². The van der Waals surface area contributed by atoms with Crippen molar-refractivity contribution >= 4 is 11.8 Å². The number of ether oxygens (including phenoxy) is 2. The first kappa shape index (κ1) is 15.0. The summed E-state index contributed by atoms with van der Waals surface area (Å²) in [5, 5.41) is 9.30. The van der Waals surface area contributed by atoms with Gasteiger partial charge in [0.15, 0.2) is 11.5 Å². The fourth-order valence-electron chi connectivity index (χ4n) is 2.01. The SMILES string of the molecule is COc1cc(C)cc(C(CC(C)=O)C(=O)O)c1OC. The number of carboxylic acid groups (broad SMARTS) is 1. The minimum Gasteiger partial charge on any atom is -0.493 e. The van der Waals surface area contributed by atoms with E-state index >= 15 is 0 Å². The molecule has 0 radical (unpaired) electrons. The number of aryl methyl sites for hydroxylation is 1. The largest absolute Gasteiger partial charge is 0.493 e. The zero-order chi connectivity index (χ0) is 14.6. The van der Waals surface area contributed by atoms with E-state index in [1.807, 2.05) is 6.92 Å². The molecule has 0 bridgehead atoms. The number of rotatable bonds is 6. The van der Waals surface area contributed by atoms with Gasteiger partial charge in [0.05, 0.1) is 20.1 Å². The highest BCUT2D eigenvalue weighted by molar-refractivity contribution is 5.86. The van der Waals surface area contributed by atoms with Gasteiger partial charge in [-0.2, -0.15) is 0 Å². The zero-order valence-corrected chi connectivity index (χ0v) is 11.5. The average Bonchev–Trinajstić information content (AvgIpc) is 2.34. The molecule has 1 aromatic rings. The Bertz CT molecular complexity index is 493. The van der Waals surface area contributed by atoms with Crippen molar-refractivity contribution in [2.75, 3.05) is 14.2 Å². The number of hydrogen-bond acceptors (Lipinski definition) is 4. The van der Waals surface area contributed by atoms with Crippen molar-refractivity contribution in [1.82, 2.24) is 0 Å². The lowest BCUT2D eigenvalue weighted by Gasteiger charge is -2.18. The van der Waals surface area contributed by atoms with Crippen LogP contribution in [0.5, 0.6) is 11.5 Å². The third-order valence-corrected chi connectivity index (χ3v) is 2.82. The monoisotopic (exact) mass is 266 g/mol. The van der Waals surface area contributed by atoms with E-state index in [0.717, 1.165) is 5.56 Å². The van der Waals surface area contributed by atoms with E-state index in [1.165, 1.54) is 21.1 Å². The number of hydrogen-bond donors (Lipinski definition) is 1. The third kappa shape index (κ3) is 3.47. The molecule has 0 aliphatic heterocycles. The second-order valence-electron chi connectivity index (χ2n) is 4.39. The Morgan fingerprint density at radius 1 is 1.26 bits per heavy atom. The summed E-state index contributed by atoms with van der Waals surface area (Å²) in [6.45, 7) is 3.20. The van der Waals surface area contributed by atoms with Crippen LogP contribution < -0.4 is 9.47 Å². The van der Waals surface area contributed by atoms with Crippen molar-refractivity contribution in [3.63, 3.8) is 0 Å². The number of carbonyl (C=O) groups is 2. The van der Waals surface area contributed by atoms with Crippen LogP contribution in [0.1, 0.15) is 30.4 Å². The van der Waals surface area contributed by atoms with Crippen LogP contribution in [0.25, 0.3) is 0 Å². The summed E-state index contributed by atoms with van der Waals surface area (Å²) in [5.74, 6) is -1.34. The van der Waals surface area contributed by atoms with E-state index in [9.17, 15) is 14.7 Å². The van der Waals surface area contributed by atoms with Gasteiger partial charge in [-0.25, -0.2) is 0 Å². The van der Waals surface area contributed by atoms with E-state index in [0.29, 0.717) is 17.1 Å². The summed E-state index contributed by atoms with van der Waals surface area (Å²) in [4.78, 5) is 22.6. The molecule has 0 aliphatic carbocycles. The summed E-state index contributed by atoms with van der Waals surface area (Å²) in [5.41, 5.74) is 1.31. The summed E-state index contributed by atoms with van der Waals surface area (Å²) in [6, 6.07) is 3.47. The normalized spacial score (nSPS) is 11.8. The molecule has 5 nitrogen and oxygen atoms in total. The molecule has 1 unspecified atom stereocenters. The van der Waals surface area contributed by atoms with E-state index < -0.39 is 11.9 Å². The van der Waals surface area contributed by atoms with Gasteiger partial charge in [0.1, 0.15) is 5.78 Å². The number of carboxylic acids is 1. The Balaban J connectivity index is 3.39. The fourth-order valence-corrected chi connectivity index (χ4v) is 2.01. The number of aliphatic carboxylic acids is 1. The second-order valence-corrected chi connectivity index (χ2v) is 4.39. The van der Waals surface area contributed by atoms with Gasteiger partial charge < -0.3 is 14.6 Å². The molecule has 0 spiro atoms. The van der Waals surface area contributed by atoms with Gasteiger partial charge in [0.2, 0.25) is 0 Å². The molecule has 104 valence electrons. The molecule has 1 atom stereocenters. The minimum atomic E-state index is -1.05. The Morgan fingerprint density at radius 2 is 1.89 bits per heavy atom. The van der Waals surface area contributed by atoms with Crippen LogP contribution in [0.3, 0.4) is 0 Å². The van der Waals surface area contributed by atoms with Crippen molar-refractivity contribution in [2.45, 2.75) is 26.2 Å². The second kappa shape index (κ2) is 6.22. The molecule has 0 saturated carbocycles.